The summed E-state index contributed by atoms with van der Waals surface area (Å²) in [5.41, 5.74) is 0.309. The van der Waals surface area contributed by atoms with Crippen molar-refractivity contribution in [2.75, 3.05) is 26.3 Å². The van der Waals surface area contributed by atoms with Crippen molar-refractivity contribution in [3.05, 3.63) is 23.9 Å². The summed E-state index contributed by atoms with van der Waals surface area (Å²) in [6, 6.07) is 2.66. The second-order valence-corrected chi connectivity index (χ2v) is 4.72. The SMILES string of the molecule is C[C@@H]1CN(C(=O)c2ccc(OCC(F)(F)F)nc2)CCO1. The zero-order valence-electron chi connectivity index (χ0n) is 11.4. The van der Waals surface area contributed by atoms with E-state index < -0.39 is 12.8 Å². The van der Waals surface area contributed by atoms with E-state index in [2.05, 4.69) is 9.72 Å². The molecule has 1 saturated heterocycles. The van der Waals surface area contributed by atoms with Crippen molar-refractivity contribution in [3.63, 3.8) is 0 Å². The molecule has 1 atom stereocenters. The van der Waals surface area contributed by atoms with E-state index in [4.69, 9.17) is 4.74 Å². The Balaban J connectivity index is 1.96. The fraction of sp³-hybridized carbons (Fsp3) is 0.538. The second kappa shape index (κ2) is 6.30. The molecule has 116 valence electrons. The predicted octanol–water partition coefficient (Wildman–Crippen LogP) is 1.88. The lowest BCUT2D eigenvalue weighted by atomic mass is 10.2. The third-order valence-electron chi connectivity index (χ3n) is 2.90. The molecule has 8 heteroatoms. The topological polar surface area (TPSA) is 51.7 Å². The molecule has 0 aromatic carbocycles. The lowest BCUT2D eigenvalue weighted by molar-refractivity contribution is -0.154. The van der Waals surface area contributed by atoms with Gasteiger partial charge in [0, 0.05) is 25.4 Å². The van der Waals surface area contributed by atoms with Crippen LogP contribution in [0.5, 0.6) is 5.88 Å². The maximum Gasteiger partial charge on any atom is 0.422 e. The first-order valence-electron chi connectivity index (χ1n) is 6.41. The Labute approximate surface area is 119 Å². The maximum absolute atomic E-state index is 12.2. The van der Waals surface area contributed by atoms with Gasteiger partial charge in [0.1, 0.15) is 0 Å². The van der Waals surface area contributed by atoms with Crippen LogP contribution < -0.4 is 4.74 Å². The van der Waals surface area contributed by atoms with E-state index in [0.29, 0.717) is 25.3 Å². The highest BCUT2D eigenvalue weighted by Gasteiger charge is 2.28. The number of nitrogens with zero attached hydrogens (tertiary/aromatic N) is 2. The van der Waals surface area contributed by atoms with Crippen LogP contribution in [-0.4, -0.2) is 54.4 Å². The second-order valence-electron chi connectivity index (χ2n) is 4.72. The van der Waals surface area contributed by atoms with Crippen molar-refractivity contribution < 1.29 is 27.4 Å². The minimum Gasteiger partial charge on any atom is -0.468 e. The molecular weight excluding hydrogens is 289 g/mol. The number of alkyl halides is 3. The van der Waals surface area contributed by atoms with Gasteiger partial charge >= 0.3 is 6.18 Å². The van der Waals surface area contributed by atoms with Gasteiger partial charge in [-0.15, -0.1) is 0 Å². The number of ether oxygens (including phenoxy) is 2. The Morgan fingerprint density at radius 1 is 1.52 bits per heavy atom. The molecule has 1 aliphatic rings. The van der Waals surface area contributed by atoms with Gasteiger partial charge in [-0.2, -0.15) is 13.2 Å². The Kier molecular flexibility index (Phi) is 4.66. The molecule has 1 fully saturated rings. The molecule has 0 N–H and O–H groups in total. The van der Waals surface area contributed by atoms with Crippen LogP contribution in [0.4, 0.5) is 13.2 Å². The number of hydrogen-bond donors (Lipinski definition) is 0. The number of carbonyl (C=O) groups excluding carboxylic acids is 1. The molecule has 0 aliphatic carbocycles. The normalized spacial score (nSPS) is 19.4. The zero-order valence-corrected chi connectivity index (χ0v) is 11.4. The third-order valence-corrected chi connectivity index (χ3v) is 2.90. The van der Waals surface area contributed by atoms with Gasteiger partial charge in [-0.25, -0.2) is 4.98 Å². The van der Waals surface area contributed by atoms with E-state index in [1.54, 1.807) is 4.90 Å². The summed E-state index contributed by atoms with van der Waals surface area (Å²) < 4.78 is 45.8. The average Bonchev–Trinajstić information content (AvgIpc) is 2.44. The van der Waals surface area contributed by atoms with Crippen molar-refractivity contribution in [2.45, 2.75) is 19.2 Å². The Hall–Kier alpha value is -1.83. The number of morpholine rings is 1. The summed E-state index contributed by atoms with van der Waals surface area (Å²) in [6.07, 6.45) is -3.24. The molecule has 1 amide bonds. The molecule has 0 bridgehead atoms. The minimum absolute atomic E-state index is 0.0370. The van der Waals surface area contributed by atoms with Crippen LogP contribution in [0, 0.1) is 0 Å². The monoisotopic (exact) mass is 304 g/mol. The van der Waals surface area contributed by atoms with Crippen molar-refractivity contribution in [3.8, 4) is 5.88 Å². The van der Waals surface area contributed by atoms with Gasteiger partial charge in [0.25, 0.3) is 5.91 Å². The van der Waals surface area contributed by atoms with Crippen LogP contribution in [0.25, 0.3) is 0 Å². The van der Waals surface area contributed by atoms with Gasteiger partial charge in [-0.3, -0.25) is 4.79 Å². The smallest absolute Gasteiger partial charge is 0.422 e. The zero-order chi connectivity index (χ0) is 15.5. The van der Waals surface area contributed by atoms with Crippen molar-refractivity contribution >= 4 is 5.91 Å². The largest absolute Gasteiger partial charge is 0.468 e. The highest BCUT2D eigenvalue weighted by atomic mass is 19.4. The quantitative estimate of drug-likeness (QED) is 0.855. The first-order valence-corrected chi connectivity index (χ1v) is 6.41. The van der Waals surface area contributed by atoms with E-state index in [9.17, 15) is 18.0 Å². The third kappa shape index (κ3) is 4.59. The first kappa shape index (κ1) is 15.6. The number of carbonyl (C=O) groups is 1. The van der Waals surface area contributed by atoms with Gasteiger partial charge in [0.15, 0.2) is 6.61 Å². The van der Waals surface area contributed by atoms with Gasteiger partial charge in [-0.05, 0) is 13.0 Å². The van der Waals surface area contributed by atoms with E-state index in [1.807, 2.05) is 6.92 Å². The molecule has 1 aromatic heterocycles. The van der Waals surface area contributed by atoms with Crippen LogP contribution >= 0.6 is 0 Å². The molecular formula is C13H15F3N2O3. The molecule has 21 heavy (non-hydrogen) atoms. The van der Waals surface area contributed by atoms with Crippen molar-refractivity contribution in [2.24, 2.45) is 0 Å². The molecule has 1 aliphatic heterocycles. The van der Waals surface area contributed by atoms with E-state index in [0.717, 1.165) is 0 Å². The van der Waals surface area contributed by atoms with E-state index in [1.165, 1.54) is 18.3 Å². The van der Waals surface area contributed by atoms with Crippen molar-refractivity contribution in [1.82, 2.24) is 9.88 Å². The number of aromatic nitrogens is 1. The van der Waals surface area contributed by atoms with Crippen LogP contribution in [0.1, 0.15) is 17.3 Å². The molecule has 0 unspecified atom stereocenters. The van der Waals surface area contributed by atoms with Gasteiger partial charge < -0.3 is 14.4 Å². The molecule has 2 rings (SSSR count). The molecule has 0 radical (unpaired) electrons. The van der Waals surface area contributed by atoms with Crippen LogP contribution in [-0.2, 0) is 4.74 Å². The van der Waals surface area contributed by atoms with Gasteiger partial charge in [0.2, 0.25) is 5.88 Å². The summed E-state index contributed by atoms with van der Waals surface area (Å²) in [7, 11) is 0. The van der Waals surface area contributed by atoms with Crippen LogP contribution in [0.3, 0.4) is 0 Å². The first-order chi connectivity index (χ1) is 9.85. The van der Waals surface area contributed by atoms with Gasteiger partial charge in [-0.1, -0.05) is 0 Å². The summed E-state index contributed by atoms with van der Waals surface area (Å²) in [6.45, 7) is 1.88. The fourth-order valence-electron chi connectivity index (χ4n) is 1.93. The summed E-state index contributed by atoms with van der Waals surface area (Å²) in [5.74, 6) is -0.390. The molecule has 0 spiro atoms. The number of hydrogen-bond acceptors (Lipinski definition) is 4. The standard InChI is InChI=1S/C13H15F3N2O3/c1-9-7-18(4-5-20-9)12(19)10-2-3-11(17-6-10)21-8-13(14,15)16/h2-3,6,9H,4-5,7-8H2,1H3/t9-/m1/s1. The lowest BCUT2D eigenvalue weighted by Gasteiger charge is -2.31. The molecule has 2 heterocycles. The van der Waals surface area contributed by atoms with E-state index >= 15 is 0 Å². The van der Waals surface area contributed by atoms with Gasteiger partial charge in [0.05, 0.1) is 18.3 Å². The fourth-order valence-corrected chi connectivity index (χ4v) is 1.93. The van der Waals surface area contributed by atoms with Crippen molar-refractivity contribution in [1.29, 1.82) is 0 Å². The number of pyridine rings is 1. The lowest BCUT2D eigenvalue weighted by Crippen LogP contribution is -2.44. The average molecular weight is 304 g/mol. The van der Waals surface area contributed by atoms with Crippen LogP contribution in [0.15, 0.2) is 18.3 Å². The number of halogens is 3. The summed E-state index contributed by atoms with van der Waals surface area (Å²) in [5, 5.41) is 0. The Morgan fingerprint density at radius 3 is 2.86 bits per heavy atom. The molecule has 1 aromatic rings. The molecule has 5 nitrogen and oxygen atoms in total. The van der Waals surface area contributed by atoms with Crippen LogP contribution in [0.2, 0.25) is 0 Å². The number of amides is 1. The highest BCUT2D eigenvalue weighted by Crippen LogP contribution is 2.17. The number of rotatable bonds is 3. The summed E-state index contributed by atoms with van der Waals surface area (Å²) in [4.78, 5) is 17.5. The van der Waals surface area contributed by atoms with E-state index in [-0.39, 0.29) is 17.9 Å². The maximum atomic E-state index is 12.2. The Bertz CT molecular complexity index is 490. The minimum atomic E-state index is -4.42. The highest BCUT2D eigenvalue weighted by molar-refractivity contribution is 5.94. The molecule has 0 saturated carbocycles. The Morgan fingerprint density at radius 2 is 2.29 bits per heavy atom. The summed E-state index contributed by atoms with van der Waals surface area (Å²) >= 11 is 0. The predicted molar refractivity (Wildman–Crippen MR) is 67.1 cm³/mol.